The second-order valence-electron chi connectivity index (χ2n) is 21.0. The van der Waals surface area contributed by atoms with Crippen molar-refractivity contribution in [2.24, 2.45) is 0 Å². The minimum atomic E-state index is -0.606. The van der Waals surface area contributed by atoms with Crippen molar-refractivity contribution in [1.82, 2.24) is 0 Å². The number of ether oxygens (including phenoxy) is 2. The number of para-hydroxylation sites is 4. The molecule has 0 amide bonds. The maximum absolute atomic E-state index is 6.74. The molecule has 2 aliphatic heterocycles. The summed E-state index contributed by atoms with van der Waals surface area (Å²) in [6.45, 7) is 0. The molecule has 0 radical (unpaired) electrons. The number of rotatable bonds is 5. The molecule has 1 aromatic heterocycles. The van der Waals surface area contributed by atoms with Crippen molar-refractivity contribution >= 4 is 48.6 Å². The van der Waals surface area contributed by atoms with Crippen LogP contribution >= 0.6 is 11.3 Å². The van der Waals surface area contributed by atoms with E-state index in [1.165, 1.54) is 75.8 Å². The van der Waals surface area contributed by atoms with Crippen LogP contribution < -0.4 is 14.4 Å². The van der Waals surface area contributed by atoms with Crippen molar-refractivity contribution in [2.75, 3.05) is 4.90 Å². The van der Waals surface area contributed by atoms with Crippen molar-refractivity contribution in [3.05, 3.63) is 317 Å². The lowest BCUT2D eigenvalue weighted by Gasteiger charge is -2.39. The summed E-state index contributed by atoms with van der Waals surface area (Å²) < 4.78 is 16.0. The zero-order valence-electron chi connectivity index (χ0n) is 42.2. The van der Waals surface area contributed by atoms with E-state index in [-0.39, 0.29) is 0 Å². The van der Waals surface area contributed by atoms with E-state index in [0.29, 0.717) is 0 Å². The quantitative estimate of drug-likeness (QED) is 0.171. The summed E-state index contributed by atoms with van der Waals surface area (Å²) in [6.07, 6.45) is 0. The van der Waals surface area contributed by atoms with Crippen LogP contribution in [0.3, 0.4) is 0 Å². The summed E-state index contributed by atoms with van der Waals surface area (Å²) in [5.74, 6) is 3.55. The maximum atomic E-state index is 6.74. The minimum absolute atomic E-state index is 0.547. The largest absolute Gasteiger partial charge is 0.457 e. The van der Waals surface area contributed by atoms with Crippen LogP contribution in [0.15, 0.2) is 273 Å². The summed E-state index contributed by atoms with van der Waals surface area (Å²) in [5.41, 5.74) is 21.5. The van der Waals surface area contributed by atoms with Crippen LogP contribution in [-0.2, 0) is 10.8 Å². The highest BCUT2D eigenvalue weighted by molar-refractivity contribution is 7.25. The van der Waals surface area contributed by atoms with Gasteiger partial charge in [-0.15, -0.1) is 11.3 Å². The molecule has 0 bridgehead atoms. The van der Waals surface area contributed by atoms with E-state index in [9.17, 15) is 0 Å². The SMILES string of the molecule is c1ccc2c(c1)Oc1ccccc1C21c2ccccc2-c2ccc(-c3ccc(N(c4ccc(-c5cccc6sc7ccccc7c56)cc4)c4ccc5c(c4)C4(c6ccccc6Oc6ccccc64)c4ccccc4-5)cc3)cc21. The summed E-state index contributed by atoms with van der Waals surface area (Å²) in [4.78, 5) is 2.44. The molecule has 2 spiro atoms. The van der Waals surface area contributed by atoms with Crippen molar-refractivity contribution in [1.29, 1.82) is 0 Å². The molecule has 364 valence electrons. The third kappa shape index (κ3) is 5.87. The number of hydrogen-bond acceptors (Lipinski definition) is 4. The Hall–Kier alpha value is -9.74. The molecule has 4 heteroatoms. The van der Waals surface area contributed by atoms with E-state index >= 15 is 0 Å². The number of benzene rings is 12. The fourth-order valence-corrected chi connectivity index (χ4v) is 15.2. The molecule has 4 aliphatic rings. The number of fused-ring (bicyclic) bond motifs is 21. The first-order valence-corrected chi connectivity index (χ1v) is 27.6. The predicted octanol–water partition coefficient (Wildman–Crippen LogP) is 19.8. The third-order valence-electron chi connectivity index (χ3n) is 17.2. The topological polar surface area (TPSA) is 21.7 Å². The third-order valence-corrected chi connectivity index (χ3v) is 18.4. The van der Waals surface area contributed by atoms with Crippen LogP contribution in [0.25, 0.3) is 64.7 Å². The molecule has 2 aliphatic carbocycles. The lowest BCUT2D eigenvalue weighted by Crippen LogP contribution is -2.32. The average molecular weight is 1010 g/mol. The fourth-order valence-electron chi connectivity index (χ4n) is 14.1. The molecule has 0 atom stereocenters. The van der Waals surface area contributed by atoms with Crippen molar-refractivity contribution in [3.63, 3.8) is 0 Å². The number of nitrogens with zero attached hydrogens (tertiary/aromatic N) is 1. The molecule has 12 aromatic carbocycles. The van der Waals surface area contributed by atoms with Crippen LogP contribution in [0, 0.1) is 0 Å². The molecule has 17 rings (SSSR count). The highest BCUT2D eigenvalue weighted by Crippen LogP contribution is 2.64. The van der Waals surface area contributed by atoms with E-state index in [2.05, 4.69) is 278 Å². The Balaban J connectivity index is 0.841. The second-order valence-corrected chi connectivity index (χ2v) is 22.1. The van der Waals surface area contributed by atoms with Gasteiger partial charge in [-0.25, -0.2) is 0 Å². The lowest BCUT2D eigenvalue weighted by molar-refractivity contribution is 0.436. The first-order valence-electron chi connectivity index (χ1n) is 26.8. The van der Waals surface area contributed by atoms with Gasteiger partial charge in [0, 0.05) is 59.5 Å². The van der Waals surface area contributed by atoms with Gasteiger partial charge in [0.05, 0.1) is 10.8 Å². The monoisotopic (exact) mass is 1010 g/mol. The van der Waals surface area contributed by atoms with Crippen molar-refractivity contribution in [3.8, 4) is 67.5 Å². The zero-order chi connectivity index (χ0) is 51.1. The molecule has 78 heavy (non-hydrogen) atoms. The van der Waals surface area contributed by atoms with Crippen molar-refractivity contribution < 1.29 is 9.47 Å². The van der Waals surface area contributed by atoms with E-state index in [1.54, 1.807) is 0 Å². The Bertz CT molecular complexity index is 4550. The predicted molar refractivity (Wildman–Crippen MR) is 320 cm³/mol. The number of hydrogen-bond donors (Lipinski definition) is 0. The van der Waals surface area contributed by atoms with Crippen LogP contribution in [0.2, 0.25) is 0 Å². The number of thiophene rings is 1. The summed E-state index contributed by atoms with van der Waals surface area (Å²) >= 11 is 1.86. The Morgan fingerprint density at radius 3 is 1.23 bits per heavy atom. The molecule has 0 N–H and O–H groups in total. The van der Waals surface area contributed by atoms with Gasteiger partial charge in [0.15, 0.2) is 0 Å². The van der Waals surface area contributed by atoms with E-state index < -0.39 is 10.8 Å². The maximum Gasteiger partial charge on any atom is 0.132 e. The smallest absolute Gasteiger partial charge is 0.132 e. The van der Waals surface area contributed by atoms with E-state index in [4.69, 9.17) is 9.47 Å². The van der Waals surface area contributed by atoms with Gasteiger partial charge in [0.25, 0.3) is 0 Å². The molecule has 13 aromatic rings. The van der Waals surface area contributed by atoms with Crippen LogP contribution in [0.1, 0.15) is 44.5 Å². The van der Waals surface area contributed by atoms with Crippen LogP contribution in [-0.4, -0.2) is 0 Å². The first-order chi connectivity index (χ1) is 38.7. The standard InChI is InChI=1S/C74H45NO2S/c1-4-20-58-53(16-1)55-42-36-48(44-64(55)73(58)60-22-6-10-26-66(60)76-67-27-11-7-23-61(67)73)46-32-37-49(38-33-46)75(50-39-34-47(35-40-50)52-19-15-31-71-72(52)57-18-3-14-30-70(57)78-71)51-41-43-56-54-17-2-5-21-59(54)74(65(56)45-51)62-24-8-12-28-68(62)77-69-29-13-9-25-63(69)74/h1-45H. The van der Waals surface area contributed by atoms with E-state index in [1.807, 2.05) is 11.3 Å². The molecule has 3 nitrogen and oxygen atoms in total. The summed E-state index contributed by atoms with van der Waals surface area (Å²) in [7, 11) is 0. The first kappa shape index (κ1) is 43.5. The molecule has 0 saturated carbocycles. The van der Waals surface area contributed by atoms with Gasteiger partial charge in [-0.1, -0.05) is 194 Å². The highest BCUT2D eigenvalue weighted by Gasteiger charge is 2.52. The fraction of sp³-hybridized carbons (Fsp3) is 0.0270. The normalized spacial score (nSPS) is 14.1. The Labute approximate surface area is 456 Å². The van der Waals surface area contributed by atoms with Crippen molar-refractivity contribution in [2.45, 2.75) is 10.8 Å². The van der Waals surface area contributed by atoms with Gasteiger partial charge >= 0.3 is 0 Å². The van der Waals surface area contributed by atoms with E-state index in [0.717, 1.165) is 73.4 Å². The minimum Gasteiger partial charge on any atom is -0.457 e. The number of anilines is 3. The molecule has 0 saturated heterocycles. The van der Waals surface area contributed by atoms with Crippen LogP contribution in [0.4, 0.5) is 17.1 Å². The molecular formula is C74H45NO2S. The van der Waals surface area contributed by atoms with Gasteiger partial charge in [-0.05, 0) is 146 Å². The summed E-state index contributed by atoms with van der Waals surface area (Å²) in [5, 5.41) is 2.61. The van der Waals surface area contributed by atoms with Gasteiger partial charge in [-0.3, -0.25) is 0 Å². The summed E-state index contributed by atoms with van der Waals surface area (Å²) in [6, 6.07) is 100. The van der Waals surface area contributed by atoms with Gasteiger partial charge in [-0.2, -0.15) is 0 Å². The molecular weight excluding hydrogens is 967 g/mol. The van der Waals surface area contributed by atoms with Gasteiger partial charge < -0.3 is 14.4 Å². The molecule has 0 unspecified atom stereocenters. The Morgan fingerprint density at radius 1 is 0.269 bits per heavy atom. The molecule has 3 heterocycles. The second kappa shape index (κ2) is 16.4. The Kier molecular flexibility index (Phi) is 9.14. The van der Waals surface area contributed by atoms with Crippen LogP contribution in [0.5, 0.6) is 23.0 Å². The Morgan fingerprint density at radius 2 is 0.667 bits per heavy atom. The lowest BCUT2D eigenvalue weighted by atomic mass is 9.66. The van der Waals surface area contributed by atoms with Gasteiger partial charge in [0.1, 0.15) is 23.0 Å². The molecule has 0 fully saturated rings. The average Bonchev–Trinajstić information content (AvgIpc) is 3.86. The zero-order valence-corrected chi connectivity index (χ0v) is 43.0. The highest BCUT2D eigenvalue weighted by atomic mass is 32.1. The van der Waals surface area contributed by atoms with Gasteiger partial charge in [0.2, 0.25) is 0 Å².